The topological polar surface area (TPSA) is 95.9 Å². The number of carbonyl (C=O) groups excluding carboxylic acids is 2. The van der Waals surface area contributed by atoms with E-state index in [1.54, 1.807) is 54.5 Å². The monoisotopic (exact) mass is 436 g/mol. The first kappa shape index (κ1) is 23.2. The van der Waals surface area contributed by atoms with Crippen LogP contribution in [0.1, 0.15) is 42.3 Å². The van der Waals surface area contributed by atoms with E-state index >= 15 is 0 Å². The fourth-order valence-corrected chi connectivity index (χ4v) is 3.37. The highest BCUT2D eigenvalue weighted by Crippen LogP contribution is 2.27. The average Bonchev–Trinajstić information content (AvgIpc) is 2.80. The van der Waals surface area contributed by atoms with Gasteiger partial charge in [0.2, 0.25) is 11.8 Å². The molecule has 0 saturated heterocycles. The first-order chi connectivity index (χ1) is 15.3. The second kappa shape index (κ2) is 10.2. The number of nitrogens with zero attached hydrogens (tertiary/aromatic N) is 4. The lowest BCUT2D eigenvalue weighted by molar-refractivity contribution is -0.129. The van der Waals surface area contributed by atoms with Crippen molar-refractivity contribution in [2.24, 2.45) is 5.92 Å². The maximum atomic E-state index is 13.4. The van der Waals surface area contributed by atoms with Crippen molar-refractivity contribution in [2.75, 3.05) is 26.7 Å². The smallest absolute Gasteiger partial charge is 0.259 e. The molecule has 2 amide bonds. The summed E-state index contributed by atoms with van der Waals surface area (Å²) in [6.45, 7) is 5.82. The lowest BCUT2D eigenvalue weighted by Crippen LogP contribution is -2.50. The maximum Gasteiger partial charge on any atom is 0.259 e. The highest BCUT2D eigenvalue weighted by molar-refractivity contribution is 5.97. The Labute approximate surface area is 188 Å². The standard InChI is InChI=1S/C24H28N4O4/c1-16-13-28(17(2)15-29)24(31)21-10-20(8-7-19-6-5-9-25-11-19)12-26-23(21)32-22(16)14-27(4)18(3)30/h5-6,9-12,16-17,22,29H,13-15H2,1-4H3/t16-,17+,22+/m0/s1. The minimum atomic E-state index is -0.382. The number of rotatable bonds is 4. The van der Waals surface area contributed by atoms with Crippen molar-refractivity contribution in [3.8, 4) is 17.7 Å². The first-order valence-electron chi connectivity index (χ1n) is 10.5. The van der Waals surface area contributed by atoms with Crippen LogP contribution < -0.4 is 4.74 Å². The molecule has 3 rings (SSSR count). The van der Waals surface area contributed by atoms with Crippen molar-refractivity contribution < 1.29 is 19.4 Å². The van der Waals surface area contributed by atoms with Crippen molar-refractivity contribution in [1.29, 1.82) is 0 Å². The zero-order valence-corrected chi connectivity index (χ0v) is 18.8. The predicted octanol–water partition coefficient (Wildman–Crippen LogP) is 1.57. The molecule has 8 nitrogen and oxygen atoms in total. The number of aliphatic hydroxyl groups is 1. The first-order valence-corrected chi connectivity index (χ1v) is 10.5. The van der Waals surface area contributed by atoms with Gasteiger partial charge in [-0.15, -0.1) is 0 Å². The second-order valence-corrected chi connectivity index (χ2v) is 8.09. The maximum absolute atomic E-state index is 13.4. The predicted molar refractivity (Wildman–Crippen MR) is 119 cm³/mol. The number of hydrogen-bond acceptors (Lipinski definition) is 6. The van der Waals surface area contributed by atoms with E-state index in [4.69, 9.17) is 4.74 Å². The van der Waals surface area contributed by atoms with Crippen molar-refractivity contribution in [3.63, 3.8) is 0 Å². The molecular weight excluding hydrogens is 408 g/mol. The number of carbonyl (C=O) groups is 2. The zero-order chi connectivity index (χ0) is 23.3. The molecule has 2 aromatic heterocycles. The van der Waals surface area contributed by atoms with Crippen LogP contribution in [0.5, 0.6) is 5.88 Å². The number of fused-ring (bicyclic) bond motifs is 1. The lowest BCUT2D eigenvalue weighted by Gasteiger charge is -2.37. The molecule has 1 aliphatic rings. The van der Waals surface area contributed by atoms with Gasteiger partial charge in [-0.25, -0.2) is 4.98 Å². The van der Waals surface area contributed by atoms with E-state index in [1.165, 1.54) is 6.92 Å². The third-order valence-corrected chi connectivity index (χ3v) is 5.53. The molecule has 0 radical (unpaired) electrons. The van der Waals surface area contributed by atoms with Gasteiger partial charge in [0, 0.05) is 56.2 Å². The van der Waals surface area contributed by atoms with Crippen LogP contribution in [0, 0.1) is 17.8 Å². The minimum Gasteiger partial charge on any atom is -0.472 e. The Kier molecular flexibility index (Phi) is 7.44. The summed E-state index contributed by atoms with van der Waals surface area (Å²) in [5, 5.41) is 9.73. The van der Waals surface area contributed by atoms with E-state index in [2.05, 4.69) is 21.8 Å². The van der Waals surface area contributed by atoms with Crippen LogP contribution >= 0.6 is 0 Å². The van der Waals surface area contributed by atoms with E-state index in [1.807, 2.05) is 13.0 Å². The molecule has 3 heterocycles. The minimum absolute atomic E-state index is 0.0753. The number of ether oxygens (including phenoxy) is 1. The highest BCUT2D eigenvalue weighted by atomic mass is 16.5. The fourth-order valence-electron chi connectivity index (χ4n) is 3.37. The van der Waals surface area contributed by atoms with Crippen LogP contribution in [0.25, 0.3) is 0 Å². The molecule has 3 atom stereocenters. The molecule has 0 spiro atoms. The molecule has 168 valence electrons. The van der Waals surface area contributed by atoms with Gasteiger partial charge >= 0.3 is 0 Å². The van der Waals surface area contributed by atoms with Gasteiger partial charge in [0.05, 0.1) is 19.2 Å². The van der Waals surface area contributed by atoms with Gasteiger partial charge in [-0.2, -0.15) is 0 Å². The molecule has 0 aromatic carbocycles. The summed E-state index contributed by atoms with van der Waals surface area (Å²) in [6.07, 6.45) is 4.52. The number of likely N-dealkylation sites (N-methyl/N-ethyl adjacent to an activating group) is 1. The van der Waals surface area contributed by atoms with Crippen molar-refractivity contribution in [3.05, 3.63) is 53.5 Å². The van der Waals surface area contributed by atoms with Gasteiger partial charge in [-0.3, -0.25) is 14.6 Å². The Morgan fingerprint density at radius 2 is 2.12 bits per heavy atom. The van der Waals surface area contributed by atoms with E-state index in [0.717, 1.165) is 5.56 Å². The largest absolute Gasteiger partial charge is 0.472 e. The molecule has 1 N–H and O–H groups in total. The van der Waals surface area contributed by atoms with Crippen molar-refractivity contribution in [1.82, 2.24) is 19.8 Å². The highest BCUT2D eigenvalue weighted by Gasteiger charge is 2.34. The number of pyridine rings is 2. The van der Waals surface area contributed by atoms with Crippen molar-refractivity contribution in [2.45, 2.75) is 32.9 Å². The molecule has 2 aromatic rings. The fraction of sp³-hybridized carbons (Fsp3) is 0.417. The summed E-state index contributed by atoms with van der Waals surface area (Å²) in [5.74, 6) is 5.78. The Balaban J connectivity index is 2.00. The van der Waals surface area contributed by atoms with E-state index in [9.17, 15) is 14.7 Å². The summed E-state index contributed by atoms with van der Waals surface area (Å²) in [7, 11) is 1.71. The quantitative estimate of drug-likeness (QED) is 0.731. The zero-order valence-electron chi connectivity index (χ0n) is 18.8. The van der Waals surface area contributed by atoms with Gasteiger partial charge < -0.3 is 19.6 Å². The second-order valence-electron chi connectivity index (χ2n) is 8.09. The Morgan fingerprint density at radius 1 is 1.38 bits per heavy atom. The van der Waals surface area contributed by atoms with Gasteiger partial charge in [0.15, 0.2) is 0 Å². The van der Waals surface area contributed by atoms with Gasteiger partial charge in [-0.05, 0) is 25.1 Å². The summed E-state index contributed by atoms with van der Waals surface area (Å²) in [4.78, 5) is 36.8. The Morgan fingerprint density at radius 3 is 2.78 bits per heavy atom. The van der Waals surface area contributed by atoms with Crippen LogP contribution in [0.15, 0.2) is 36.8 Å². The van der Waals surface area contributed by atoms with Gasteiger partial charge in [-0.1, -0.05) is 18.8 Å². The molecule has 1 aliphatic heterocycles. The summed E-state index contributed by atoms with van der Waals surface area (Å²) >= 11 is 0. The summed E-state index contributed by atoms with van der Waals surface area (Å²) in [5.41, 5.74) is 1.59. The number of hydrogen-bond donors (Lipinski definition) is 1. The molecule has 0 unspecified atom stereocenters. The van der Waals surface area contributed by atoms with Crippen LogP contribution in [-0.2, 0) is 4.79 Å². The Hall–Kier alpha value is -3.44. The van der Waals surface area contributed by atoms with Crippen LogP contribution in [0.2, 0.25) is 0 Å². The SMILES string of the molecule is CC(=O)N(C)C[C@H]1Oc2ncc(C#Cc3cccnc3)cc2C(=O)N([C@H](C)CO)C[C@@H]1C. The molecule has 0 aliphatic carbocycles. The Bertz CT molecular complexity index is 1030. The van der Waals surface area contributed by atoms with Crippen LogP contribution in [0.4, 0.5) is 0 Å². The molecule has 0 bridgehead atoms. The summed E-state index contributed by atoms with van der Waals surface area (Å²) in [6, 6.07) is 4.92. The molecule has 8 heteroatoms. The number of amides is 2. The van der Waals surface area contributed by atoms with Crippen molar-refractivity contribution >= 4 is 11.8 Å². The lowest BCUT2D eigenvalue weighted by atomic mass is 10.00. The van der Waals surface area contributed by atoms with Crippen LogP contribution in [-0.4, -0.2) is 75.6 Å². The van der Waals surface area contributed by atoms with E-state index in [-0.39, 0.29) is 47.9 Å². The third kappa shape index (κ3) is 5.42. The molecular formula is C24H28N4O4. The molecule has 0 fully saturated rings. The van der Waals surface area contributed by atoms with Gasteiger partial charge in [0.1, 0.15) is 11.7 Å². The molecule has 0 saturated carbocycles. The van der Waals surface area contributed by atoms with Crippen LogP contribution in [0.3, 0.4) is 0 Å². The molecule has 32 heavy (non-hydrogen) atoms. The number of aliphatic hydroxyl groups excluding tert-OH is 1. The average molecular weight is 437 g/mol. The van der Waals surface area contributed by atoms with E-state index < -0.39 is 0 Å². The normalized spacial score (nSPS) is 18.9. The summed E-state index contributed by atoms with van der Waals surface area (Å²) < 4.78 is 6.15. The number of aromatic nitrogens is 2. The third-order valence-electron chi connectivity index (χ3n) is 5.53. The van der Waals surface area contributed by atoms with E-state index in [0.29, 0.717) is 18.7 Å². The van der Waals surface area contributed by atoms with Gasteiger partial charge in [0.25, 0.3) is 5.91 Å².